The number of hydrogen-bond acceptors (Lipinski definition) is 7. The highest BCUT2D eigenvalue weighted by Gasteiger charge is 2.08. The first-order valence-electron chi connectivity index (χ1n) is 7.32. The largest absolute Gasteiger partial charge is 0.484 e. The average Bonchev–Trinajstić information content (AvgIpc) is 3.19. The van der Waals surface area contributed by atoms with E-state index in [1.165, 1.54) is 0 Å². The normalized spacial score (nSPS) is 10.9. The van der Waals surface area contributed by atoms with Gasteiger partial charge in [0.2, 0.25) is 0 Å². The highest BCUT2D eigenvalue weighted by atomic mass is 16.6. The molecule has 2 heterocycles. The van der Waals surface area contributed by atoms with E-state index in [2.05, 4.69) is 15.1 Å². The van der Waals surface area contributed by atoms with Crippen LogP contribution in [0.25, 0.3) is 11.1 Å². The van der Waals surface area contributed by atoms with Gasteiger partial charge in [-0.05, 0) is 43.3 Å². The lowest BCUT2D eigenvalue weighted by molar-refractivity contribution is 0.242. The van der Waals surface area contributed by atoms with Gasteiger partial charge in [-0.15, -0.1) is 0 Å². The fourth-order valence-corrected chi connectivity index (χ4v) is 2.14. The quantitative estimate of drug-likeness (QED) is 0.551. The van der Waals surface area contributed by atoms with Crippen LogP contribution in [0.1, 0.15) is 11.7 Å². The van der Waals surface area contributed by atoms with Crippen molar-refractivity contribution in [2.75, 3.05) is 0 Å². The third-order valence-corrected chi connectivity index (χ3v) is 3.24. The number of nitrogens with zero attached hydrogens (tertiary/aromatic N) is 3. The van der Waals surface area contributed by atoms with E-state index < -0.39 is 0 Å². The first kappa shape index (κ1) is 14.3. The van der Waals surface area contributed by atoms with Gasteiger partial charge >= 0.3 is 6.08 Å². The number of oxazole rings is 1. The lowest BCUT2D eigenvalue weighted by Gasteiger charge is -2.04. The molecule has 0 unspecified atom stereocenters. The van der Waals surface area contributed by atoms with Gasteiger partial charge in [-0.3, -0.25) is 0 Å². The van der Waals surface area contributed by atoms with E-state index in [1.807, 2.05) is 24.3 Å². The molecule has 2 aromatic heterocycles. The van der Waals surface area contributed by atoms with E-state index in [9.17, 15) is 0 Å². The van der Waals surface area contributed by atoms with Crippen molar-refractivity contribution >= 4 is 11.1 Å². The molecule has 120 valence electrons. The van der Waals surface area contributed by atoms with Crippen LogP contribution >= 0.6 is 0 Å². The number of hydrogen-bond donors (Lipinski definition) is 0. The molecular formula is C17H13N3O4. The summed E-state index contributed by atoms with van der Waals surface area (Å²) in [7, 11) is 0. The number of benzene rings is 2. The molecular weight excluding hydrogens is 310 g/mol. The number of aryl methyl sites for hydroxylation is 1. The minimum atomic E-state index is 0.200. The fraction of sp³-hybridized carbons (Fsp3) is 0.118. The summed E-state index contributed by atoms with van der Waals surface area (Å²) in [5.41, 5.74) is 1.43. The summed E-state index contributed by atoms with van der Waals surface area (Å²) in [4.78, 5) is 8.33. The van der Waals surface area contributed by atoms with Crippen LogP contribution in [0, 0.1) is 6.92 Å². The first-order valence-corrected chi connectivity index (χ1v) is 7.32. The zero-order valence-corrected chi connectivity index (χ0v) is 12.8. The first-order chi connectivity index (χ1) is 11.8. The Hall–Kier alpha value is -3.35. The summed E-state index contributed by atoms with van der Waals surface area (Å²) in [5, 5.41) is 3.70. The van der Waals surface area contributed by atoms with Crippen molar-refractivity contribution in [2.24, 2.45) is 0 Å². The monoisotopic (exact) mass is 323 g/mol. The van der Waals surface area contributed by atoms with Crippen molar-refractivity contribution < 1.29 is 18.4 Å². The third kappa shape index (κ3) is 3.05. The van der Waals surface area contributed by atoms with E-state index in [1.54, 1.807) is 31.2 Å². The highest BCUT2D eigenvalue weighted by Crippen LogP contribution is 2.26. The molecule has 0 saturated heterocycles. The van der Waals surface area contributed by atoms with Crippen molar-refractivity contribution in [2.45, 2.75) is 13.5 Å². The smallest absolute Gasteiger partial charge is 0.400 e. The van der Waals surface area contributed by atoms with Gasteiger partial charge in [0.15, 0.2) is 18.0 Å². The average molecular weight is 323 g/mol. The van der Waals surface area contributed by atoms with Gasteiger partial charge < -0.3 is 18.4 Å². The molecule has 0 N–H and O–H groups in total. The predicted molar refractivity (Wildman–Crippen MR) is 83.9 cm³/mol. The molecule has 0 aliphatic carbocycles. The van der Waals surface area contributed by atoms with Crippen molar-refractivity contribution in [1.82, 2.24) is 15.1 Å². The molecule has 0 amide bonds. The molecule has 0 bridgehead atoms. The Labute approximate surface area is 136 Å². The van der Waals surface area contributed by atoms with Gasteiger partial charge in [0.1, 0.15) is 17.0 Å². The Balaban J connectivity index is 1.41. The topological polar surface area (TPSA) is 83.4 Å². The summed E-state index contributed by atoms with van der Waals surface area (Å²) >= 11 is 0. The minimum Gasteiger partial charge on any atom is -0.484 e. The van der Waals surface area contributed by atoms with Gasteiger partial charge in [0, 0.05) is 0 Å². The van der Waals surface area contributed by atoms with E-state index >= 15 is 0 Å². The van der Waals surface area contributed by atoms with E-state index in [4.69, 9.17) is 18.4 Å². The van der Waals surface area contributed by atoms with Gasteiger partial charge in [0.05, 0.1) is 0 Å². The second-order valence-corrected chi connectivity index (χ2v) is 5.04. The van der Waals surface area contributed by atoms with Gasteiger partial charge in [-0.2, -0.15) is 9.97 Å². The molecule has 0 aliphatic rings. The fourth-order valence-electron chi connectivity index (χ4n) is 2.14. The van der Waals surface area contributed by atoms with Crippen molar-refractivity contribution in [3.8, 4) is 17.6 Å². The highest BCUT2D eigenvalue weighted by molar-refractivity contribution is 5.72. The van der Waals surface area contributed by atoms with Crippen LogP contribution in [-0.4, -0.2) is 15.1 Å². The Morgan fingerprint density at radius 2 is 1.75 bits per heavy atom. The third-order valence-electron chi connectivity index (χ3n) is 3.24. The van der Waals surface area contributed by atoms with Crippen LogP contribution < -0.4 is 9.47 Å². The summed E-state index contributed by atoms with van der Waals surface area (Å²) < 4.78 is 21.7. The van der Waals surface area contributed by atoms with Crippen LogP contribution in [0.3, 0.4) is 0 Å². The molecule has 0 radical (unpaired) electrons. The molecule has 7 heteroatoms. The molecule has 0 saturated carbocycles. The molecule has 0 spiro atoms. The minimum absolute atomic E-state index is 0.200. The lowest BCUT2D eigenvalue weighted by atomic mass is 10.3. The zero-order valence-electron chi connectivity index (χ0n) is 12.8. The predicted octanol–water partition coefficient (Wildman–Crippen LogP) is 3.89. The number of ether oxygens (including phenoxy) is 2. The second-order valence-electron chi connectivity index (χ2n) is 5.04. The summed E-state index contributed by atoms with van der Waals surface area (Å²) in [6.07, 6.45) is 0.200. The molecule has 4 aromatic rings. The molecule has 4 rings (SSSR count). The Morgan fingerprint density at radius 1 is 0.958 bits per heavy atom. The molecule has 7 nitrogen and oxygen atoms in total. The summed E-state index contributed by atoms with van der Waals surface area (Å²) in [6.45, 7) is 1.97. The summed E-state index contributed by atoms with van der Waals surface area (Å²) in [5.74, 6) is 2.27. The maximum Gasteiger partial charge on any atom is 0.400 e. The maximum absolute atomic E-state index is 5.61. The standard InChI is InChI=1S/C17H13N3O4/c1-11-18-16(24-20-11)10-21-12-6-8-13(9-7-12)22-17-19-14-4-2-3-5-15(14)23-17/h2-9H,10H2,1H3. The number of fused-ring (bicyclic) bond motifs is 1. The zero-order chi connectivity index (χ0) is 16.4. The molecule has 0 fully saturated rings. The number of aromatic nitrogens is 3. The van der Waals surface area contributed by atoms with Crippen LogP contribution in [0.15, 0.2) is 57.5 Å². The van der Waals surface area contributed by atoms with E-state index in [0.717, 1.165) is 5.52 Å². The summed E-state index contributed by atoms with van der Waals surface area (Å²) in [6, 6.07) is 14.6. The van der Waals surface area contributed by atoms with E-state index in [0.29, 0.717) is 28.8 Å². The molecule has 0 aliphatic heterocycles. The lowest BCUT2D eigenvalue weighted by Crippen LogP contribution is -1.95. The molecule has 2 aromatic carbocycles. The van der Waals surface area contributed by atoms with Crippen molar-refractivity contribution in [3.63, 3.8) is 0 Å². The van der Waals surface area contributed by atoms with Gasteiger partial charge in [-0.1, -0.05) is 17.3 Å². The molecule has 0 atom stereocenters. The van der Waals surface area contributed by atoms with E-state index in [-0.39, 0.29) is 12.7 Å². The van der Waals surface area contributed by atoms with Crippen LogP contribution in [0.2, 0.25) is 0 Å². The van der Waals surface area contributed by atoms with Crippen molar-refractivity contribution in [3.05, 3.63) is 60.2 Å². The van der Waals surface area contributed by atoms with Crippen LogP contribution in [0.4, 0.5) is 0 Å². The van der Waals surface area contributed by atoms with Gasteiger partial charge in [0.25, 0.3) is 5.89 Å². The van der Waals surface area contributed by atoms with Crippen LogP contribution in [-0.2, 0) is 6.61 Å². The Morgan fingerprint density at radius 3 is 2.50 bits per heavy atom. The number of para-hydroxylation sites is 2. The Bertz CT molecular complexity index is 926. The van der Waals surface area contributed by atoms with Crippen LogP contribution in [0.5, 0.6) is 17.6 Å². The SMILES string of the molecule is Cc1noc(COc2ccc(Oc3nc4ccccc4o3)cc2)n1. The second kappa shape index (κ2) is 6.04. The maximum atomic E-state index is 5.61. The number of rotatable bonds is 5. The van der Waals surface area contributed by atoms with Gasteiger partial charge in [-0.25, -0.2) is 0 Å². The molecule has 24 heavy (non-hydrogen) atoms. The van der Waals surface area contributed by atoms with Crippen molar-refractivity contribution in [1.29, 1.82) is 0 Å². The Kier molecular flexibility index (Phi) is 3.59.